The number of nitrogens with zero attached hydrogens (tertiary/aromatic N) is 4. The Morgan fingerprint density at radius 3 is 2.72 bits per heavy atom. The number of sulfonamides is 1. The lowest BCUT2D eigenvalue weighted by molar-refractivity contribution is -0.119. The number of anilines is 4. The van der Waals surface area contributed by atoms with Crippen LogP contribution in [0, 0.1) is 5.82 Å². The minimum atomic E-state index is -3.53. The molecule has 0 fully saturated rings. The lowest BCUT2D eigenvalue weighted by Crippen LogP contribution is -2.27. The normalized spacial score (nSPS) is 11.3. The second-order valence-corrected chi connectivity index (χ2v) is 10.1. The van der Waals surface area contributed by atoms with Gasteiger partial charge >= 0.3 is 0 Å². The number of nitrogens with one attached hydrogen (secondary N) is 4. The van der Waals surface area contributed by atoms with Crippen molar-refractivity contribution >= 4 is 50.2 Å². The largest absolute Gasteiger partial charge is 0.365 e. The van der Waals surface area contributed by atoms with Crippen LogP contribution in [0.3, 0.4) is 0 Å². The van der Waals surface area contributed by atoms with Crippen molar-refractivity contribution < 1.29 is 17.6 Å². The molecule has 3 aromatic heterocycles. The number of aromatic nitrogens is 4. The Kier molecular flexibility index (Phi) is 7.01. The van der Waals surface area contributed by atoms with Gasteiger partial charge in [0.25, 0.3) is 0 Å². The van der Waals surface area contributed by atoms with Gasteiger partial charge in [0, 0.05) is 50.7 Å². The van der Waals surface area contributed by atoms with Gasteiger partial charge in [-0.15, -0.1) is 0 Å². The molecule has 1 amide bonds. The summed E-state index contributed by atoms with van der Waals surface area (Å²) < 4.78 is 39.7. The van der Waals surface area contributed by atoms with Crippen LogP contribution >= 0.6 is 0 Å². The Labute approximate surface area is 207 Å². The highest BCUT2D eigenvalue weighted by atomic mass is 32.2. The number of halogens is 1. The number of amides is 1. The van der Waals surface area contributed by atoms with Crippen molar-refractivity contribution in [2.45, 2.75) is 20.0 Å². The van der Waals surface area contributed by atoms with Crippen LogP contribution in [0.2, 0.25) is 0 Å². The number of H-pyrrole nitrogens is 1. The summed E-state index contributed by atoms with van der Waals surface area (Å²) in [5.74, 6) is 0.0134. The van der Waals surface area contributed by atoms with E-state index in [4.69, 9.17) is 0 Å². The summed E-state index contributed by atoms with van der Waals surface area (Å²) >= 11 is 0. The highest BCUT2D eigenvalue weighted by Gasteiger charge is 2.19. The average molecular weight is 513 g/mol. The molecule has 13 heteroatoms. The molecule has 0 bridgehead atoms. The smallest absolute Gasteiger partial charge is 0.233 e. The average Bonchev–Trinajstić information content (AvgIpc) is 3.21. The van der Waals surface area contributed by atoms with Crippen molar-refractivity contribution in [2.75, 3.05) is 28.2 Å². The molecule has 0 aliphatic carbocycles. The lowest BCUT2D eigenvalue weighted by Gasteiger charge is -2.19. The van der Waals surface area contributed by atoms with Gasteiger partial charge in [-0.05, 0) is 23.8 Å². The molecule has 4 N–H and O–H groups in total. The van der Waals surface area contributed by atoms with Crippen LogP contribution in [-0.2, 0) is 27.9 Å². The fraction of sp³-hybridized carbons (Fsp3) is 0.217. The number of rotatable bonds is 9. The van der Waals surface area contributed by atoms with E-state index in [0.29, 0.717) is 17.8 Å². The molecular weight excluding hydrogens is 487 g/mol. The van der Waals surface area contributed by atoms with Gasteiger partial charge in [-0.2, -0.15) is 9.97 Å². The van der Waals surface area contributed by atoms with Crippen molar-refractivity contribution in [3.63, 3.8) is 0 Å². The summed E-state index contributed by atoms with van der Waals surface area (Å²) in [5.41, 5.74) is 2.41. The number of fused-ring (bicyclic) bond motifs is 1. The number of hydrogen-bond acceptors (Lipinski definition) is 8. The van der Waals surface area contributed by atoms with Crippen LogP contribution in [0.5, 0.6) is 0 Å². The van der Waals surface area contributed by atoms with Gasteiger partial charge in [-0.1, -0.05) is 18.2 Å². The van der Waals surface area contributed by atoms with E-state index in [9.17, 15) is 17.6 Å². The Balaban J connectivity index is 1.62. The van der Waals surface area contributed by atoms with E-state index < -0.39 is 15.8 Å². The molecule has 0 radical (unpaired) electrons. The molecule has 36 heavy (non-hydrogen) atoms. The van der Waals surface area contributed by atoms with Crippen LogP contribution in [0.25, 0.3) is 11.0 Å². The van der Waals surface area contributed by atoms with Crippen molar-refractivity contribution in [2.24, 2.45) is 0 Å². The molecule has 0 aliphatic heterocycles. The first-order valence-electron chi connectivity index (χ1n) is 10.9. The maximum atomic E-state index is 14.6. The standard InChI is InChI=1S/C23H25FN8O3S/c1-14(33)26-11-15-6-4-8-17(10-15)29-23-30-20(19-18(24)13-28-21(19)31-23)27-12-16-7-5-9-25-22(16)32(2)36(3,34)35/h4-10,13H,11-12H2,1-3H3,(H,26,33)(H3,27,28,29,30,31). The van der Waals surface area contributed by atoms with E-state index in [1.54, 1.807) is 12.1 Å². The maximum absolute atomic E-state index is 14.6. The molecule has 0 saturated heterocycles. The highest BCUT2D eigenvalue weighted by molar-refractivity contribution is 7.92. The predicted octanol–water partition coefficient (Wildman–Crippen LogP) is 2.88. The number of benzene rings is 1. The van der Waals surface area contributed by atoms with Crippen LogP contribution in [-0.4, -0.2) is 47.6 Å². The maximum Gasteiger partial charge on any atom is 0.233 e. The molecule has 0 aliphatic rings. The summed E-state index contributed by atoms with van der Waals surface area (Å²) in [4.78, 5) is 27.0. The van der Waals surface area contributed by atoms with Crippen LogP contribution < -0.4 is 20.3 Å². The SMILES string of the molecule is CC(=O)NCc1cccc(Nc2nc(NCc3cccnc3N(C)S(C)(=O)=O)c3c(F)c[nH]c3n2)c1. The quantitative estimate of drug-likeness (QED) is 0.268. The van der Waals surface area contributed by atoms with Gasteiger partial charge in [-0.25, -0.2) is 17.8 Å². The Morgan fingerprint density at radius 2 is 1.97 bits per heavy atom. The van der Waals surface area contributed by atoms with Crippen molar-refractivity contribution in [3.05, 3.63) is 65.7 Å². The number of carbonyl (C=O) groups is 1. The molecule has 0 unspecified atom stereocenters. The fourth-order valence-corrected chi connectivity index (χ4v) is 3.96. The van der Waals surface area contributed by atoms with Gasteiger partial charge in [0.1, 0.15) is 17.3 Å². The topological polar surface area (TPSA) is 145 Å². The zero-order chi connectivity index (χ0) is 25.9. The van der Waals surface area contributed by atoms with Crippen LogP contribution in [0.15, 0.2) is 48.8 Å². The Bertz CT molecular complexity index is 1520. The van der Waals surface area contributed by atoms with Gasteiger partial charge in [0.2, 0.25) is 21.9 Å². The van der Waals surface area contributed by atoms with E-state index in [-0.39, 0.29) is 41.1 Å². The molecule has 11 nitrogen and oxygen atoms in total. The molecule has 0 atom stereocenters. The highest BCUT2D eigenvalue weighted by Crippen LogP contribution is 2.27. The summed E-state index contributed by atoms with van der Waals surface area (Å²) in [6.45, 7) is 1.95. The Hall–Kier alpha value is -4.26. The molecule has 4 rings (SSSR count). The fourth-order valence-electron chi connectivity index (χ4n) is 3.48. The van der Waals surface area contributed by atoms with Gasteiger partial charge in [0.15, 0.2) is 5.82 Å². The number of pyridine rings is 1. The number of aromatic amines is 1. The first kappa shape index (κ1) is 24.9. The third-order valence-electron chi connectivity index (χ3n) is 5.32. The van der Waals surface area contributed by atoms with Crippen LogP contribution in [0.1, 0.15) is 18.1 Å². The lowest BCUT2D eigenvalue weighted by atomic mass is 10.2. The van der Waals surface area contributed by atoms with Crippen molar-refractivity contribution in [1.82, 2.24) is 25.3 Å². The zero-order valence-corrected chi connectivity index (χ0v) is 20.6. The first-order chi connectivity index (χ1) is 17.1. The number of hydrogen-bond donors (Lipinski definition) is 4. The van der Waals surface area contributed by atoms with E-state index in [2.05, 4.69) is 35.9 Å². The third-order valence-corrected chi connectivity index (χ3v) is 6.49. The van der Waals surface area contributed by atoms with Gasteiger partial charge < -0.3 is 20.9 Å². The van der Waals surface area contributed by atoms with Crippen LogP contribution in [0.4, 0.5) is 27.7 Å². The molecule has 3 heterocycles. The third kappa shape index (κ3) is 5.68. The van der Waals surface area contributed by atoms with E-state index in [1.807, 2.05) is 24.3 Å². The summed E-state index contributed by atoms with van der Waals surface area (Å²) in [7, 11) is -2.11. The summed E-state index contributed by atoms with van der Waals surface area (Å²) in [6.07, 6.45) is 3.78. The second-order valence-electron chi connectivity index (χ2n) is 8.06. The minimum Gasteiger partial charge on any atom is -0.365 e. The molecular formula is C23H25FN8O3S. The predicted molar refractivity (Wildman–Crippen MR) is 136 cm³/mol. The summed E-state index contributed by atoms with van der Waals surface area (Å²) in [5, 5.41) is 9.10. The molecule has 188 valence electrons. The van der Waals surface area contributed by atoms with E-state index >= 15 is 0 Å². The molecule has 1 aromatic carbocycles. The summed E-state index contributed by atoms with van der Waals surface area (Å²) in [6, 6.07) is 10.8. The zero-order valence-electron chi connectivity index (χ0n) is 19.8. The van der Waals surface area contributed by atoms with Gasteiger partial charge in [0.05, 0.1) is 11.6 Å². The molecule has 0 spiro atoms. The van der Waals surface area contributed by atoms with Gasteiger partial charge in [-0.3, -0.25) is 9.10 Å². The number of carbonyl (C=O) groups excluding carboxylic acids is 1. The Morgan fingerprint density at radius 1 is 1.17 bits per heavy atom. The molecule has 4 aromatic rings. The minimum absolute atomic E-state index is 0.130. The first-order valence-corrected chi connectivity index (χ1v) is 12.7. The monoisotopic (exact) mass is 512 g/mol. The van der Waals surface area contributed by atoms with Crippen molar-refractivity contribution in [3.8, 4) is 0 Å². The molecule has 0 saturated carbocycles. The second kappa shape index (κ2) is 10.2. The van der Waals surface area contributed by atoms with Crippen molar-refractivity contribution in [1.29, 1.82) is 0 Å². The van der Waals surface area contributed by atoms with E-state index in [0.717, 1.165) is 16.1 Å². The van der Waals surface area contributed by atoms with E-state index in [1.165, 1.54) is 26.4 Å².